The van der Waals surface area contributed by atoms with E-state index in [9.17, 15) is 4.79 Å². The van der Waals surface area contributed by atoms with Crippen LogP contribution in [-0.2, 0) is 0 Å². The van der Waals surface area contributed by atoms with Gasteiger partial charge in [0.2, 0.25) is 0 Å². The van der Waals surface area contributed by atoms with Gasteiger partial charge in [-0.1, -0.05) is 18.2 Å². The summed E-state index contributed by atoms with van der Waals surface area (Å²) in [6, 6.07) is 14.6. The Balaban J connectivity index is 0.00000200. The summed E-state index contributed by atoms with van der Waals surface area (Å²) >= 11 is 0. The van der Waals surface area contributed by atoms with Crippen molar-refractivity contribution in [1.82, 2.24) is 0 Å². The number of halogens is 2. The lowest BCUT2D eigenvalue weighted by Gasteiger charge is -2.15. The van der Waals surface area contributed by atoms with Crippen LogP contribution in [0.3, 0.4) is 0 Å². The minimum Gasteiger partial charge on any atom is -0.397 e. The largest absolute Gasteiger partial charge is 0.397 e. The molecule has 0 bridgehead atoms. The zero-order valence-electron chi connectivity index (χ0n) is 11.9. The van der Waals surface area contributed by atoms with Crippen molar-refractivity contribution < 1.29 is 4.79 Å². The Kier molecular flexibility index (Phi) is 7.63. The number of nitrogens with one attached hydrogen (secondary N) is 1. The van der Waals surface area contributed by atoms with Gasteiger partial charge in [-0.3, -0.25) is 4.79 Å². The third-order valence-corrected chi connectivity index (χ3v) is 2.80. The molecule has 6 heteroatoms. The van der Waals surface area contributed by atoms with Crippen LogP contribution in [-0.4, -0.2) is 20.0 Å². The predicted octanol–water partition coefficient (Wildman–Crippen LogP) is 3.43. The van der Waals surface area contributed by atoms with E-state index in [1.54, 1.807) is 12.1 Å². The normalized spacial score (nSPS) is 9.05. The molecule has 114 valence electrons. The van der Waals surface area contributed by atoms with Crippen LogP contribution in [0.25, 0.3) is 0 Å². The van der Waals surface area contributed by atoms with Gasteiger partial charge in [0, 0.05) is 25.3 Å². The van der Waals surface area contributed by atoms with Gasteiger partial charge in [0.25, 0.3) is 5.91 Å². The fraction of sp³-hybridized carbons (Fsp3) is 0.133. The predicted molar refractivity (Wildman–Crippen MR) is 94.1 cm³/mol. The number of hydrogen-bond donors (Lipinski definition) is 2. The van der Waals surface area contributed by atoms with Gasteiger partial charge in [-0.2, -0.15) is 0 Å². The highest BCUT2D eigenvalue weighted by molar-refractivity contribution is 6.05. The van der Waals surface area contributed by atoms with E-state index in [0.29, 0.717) is 11.3 Å². The number of carbonyl (C=O) groups is 1. The molecule has 0 heterocycles. The summed E-state index contributed by atoms with van der Waals surface area (Å²) in [7, 11) is 3.82. The Hall–Kier alpha value is -1.91. The molecule has 0 aliphatic rings. The molecule has 0 aliphatic carbocycles. The number of anilines is 3. The van der Waals surface area contributed by atoms with E-state index >= 15 is 0 Å². The van der Waals surface area contributed by atoms with Crippen LogP contribution in [0.2, 0.25) is 0 Å². The molecule has 0 saturated heterocycles. The van der Waals surface area contributed by atoms with Crippen LogP contribution in [0.5, 0.6) is 0 Å². The molecule has 0 atom stereocenters. The summed E-state index contributed by atoms with van der Waals surface area (Å²) in [4.78, 5) is 14.0. The Labute approximate surface area is 137 Å². The van der Waals surface area contributed by atoms with Crippen LogP contribution in [0, 0.1) is 0 Å². The van der Waals surface area contributed by atoms with Crippen molar-refractivity contribution in [1.29, 1.82) is 0 Å². The summed E-state index contributed by atoms with van der Waals surface area (Å²) in [5, 5.41) is 2.83. The molecule has 0 saturated carbocycles. The van der Waals surface area contributed by atoms with Crippen molar-refractivity contribution in [2.75, 3.05) is 30.0 Å². The van der Waals surface area contributed by atoms with E-state index in [1.165, 1.54) is 0 Å². The first kappa shape index (κ1) is 19.1. The third-order valence-electron chi connectivity index (χ3n) is 2.80. The monoisotopic (exact) mass is 327 g/mol. The SMILES string of the molecule is CN(C)c1ccc(C(=O)Nc2ccccc2)cc1N.Cl.Cl. The number of nitrogens with two attached hydrogens (primary N) is 1. The Bertz CT molecular complexity index is 589. The average Bonchev–Trinajstić information content (AvgIpc) is 2.39. The first-order valence-corrected chi connectivity index (χ1v) is 6.01. The van der Waals surface area contributed by atoms with Crippen LogP contribution < -0.4 is 16.0 Å². The molecule has 21 heavy (non-hydrogen) atoms. The summed E-state index contributed by atoms with van der Waals surface area (Å²) in [5.74, 6) is -0.164. The van der Waals surface area contributed by atoms with Crippen LogP contribution in [0.4, 0.5) is 17.1 Å². The molecule has 0 radical (unpaired) electrons. The zero-order valence-corrected chi connectivity index (χ0v) is 13.5. The van der Waals surface area contributed by atoms with Crippen molar-refractivity contribution >= 4 is 47.8 Å². The van der Waals surface area contributed by atoms with Gasteiger partial charge in [-0.25, -0.2) is 0 Å². The minimum atomic E-state index is -0.164. The van der Waals surface area contributed by atoms with Crippen molar-refractivity contribution in [2.24, 2.45) is 0 Å². The molecule has 0 aliphatic heterocycles. The first-order chi connectivity index (χ1) is 9.08. The van der Waals surface area contributed by atoms with Gasteiger partial charge in [-0.15, -0.1) is 24.8 Å². The lowest BCUT2D eigenvalue weighted by molar-refractivity contribution is 0.102. The zero-order chi connectivity index (χ0) is 13.8. The highest BCUT2D eigenvalue weighted by Crippen LogP contribution is 2.22. The average molecular weight is 328 g/mol. The number of amides is 1. The number of hydrogen-bond acceptors (Lipinski definition) is 3. The van der Waals surface area contributed by atoms with Gasteiger partial charge >= 0.3 is 0 Å². The lowest BCUT2D eigenvalue weighted by Crippen LogP contribution is -2.14. The number of rotatable bonds is 3. The molecular weight excluding hydrogens is 309 g/mol. The van der Waals surface area contributed by atoms with Crippen molar-refractivity contribution in [2.45, 2.75) is 0 Å². The molecule has 0 unspecified atom stereocenters. The van der Waals surface area contributed by atoms with Gasteiger partial charge in [0.05, 0.1) is 11.4 Å². The number of para-hydroxylation sites is 1. The summed E-state index contributed by atoms with van der Waals surface area (Å²) in [6.07, 6.45) is 0. The molecule has 2 rings (SSSR count). The number of nitrogen functional groups attached to an aromatic ring is 1. The second kappa shape index (κ2) is 8.39. The molecule has 4 nitrogen and oxygen atoms in total. The number of benzene rings is 2. The number of carbonyl (C=O) groups excluding carboxylic acids is 1. The Morgan fingerprint density at radius 3 is 2.19 bits per heavy atom. The van der Waals surface area contributed by atoms with E-state index in [0.717, 1.165) is 11.4 Å². The molecule has 0 aromatic heterocycles. The van der Waals surface area contributed by atoms with Gasteiger partial charge in [0.15, 0.2) is 0 Å². The quantitative estimate of drug-likeness (QED) is 0.849. The summed E-state index contributed by atoms with van der Waals surface area (Å²) in [6.45, 7) is 0. The van der Waals surface area contributed by atoms with Crippen molar-refractivity contribution in [3.63, 3.8) is 0 Å². The topological polar surface area (TPSA) is 58.4 Å². The van der Waals surface area contributed by atoms with E-state index < -0.39 is 0 Å². The molecule has 0 spiro atoms. The fourth-order valence-corrected chi connectivity index (χ4v) is 1.83. The molecule has 2 aromatic carbocycles. The second-order valence-corrected chi connectivity index (χ2v) is 4.49. The van der Waals surface area contributed by atoms with Crippen molar-refractivity contribution in [3.8, 4) is 0 Å². The number of nitrogens with zero attached hydrogens (tertiary/aromatic N) is 1. The third kappa shape index (κ3) is 4.85. The summed E-state index contributed by atoms with van der Waals surface area (Å²) in [5.41, 5.74) is 8.73. The Morgan fingerprint density at radius 2 is 1.67 bits per heavy atom. The molecule has 3 N–H and O–H groups in total. The van der Waals surface area contributed by atoms with Crippen LogP contribution in [0.1, 0.15) is 10.4 Å². The lowest BCUT2D eigenvalue weighted by atomic mass is 10.1. The molecule has 0 fully saturated rings. The standard InChI is InChI=1S/C15H17N3O.2ClH/c1-18(2)14-9-8-11(10-13(14)16)15(19)17-12-6-4-3-5-7-12;;/h3-10H,16H2,1-2H3,(H,17,19);2*1H. The van der Waals surface area contributed by atoms with E-state index in [1.807, 2.05) is 55.4 Å². The van der Waals surface area contributed by atoms with E-state index in [4.69, 9.17) is 5.73 Å². The van der Waals surface area contributed by atoms with E-state index in [2.05, 4.69) is 5.32 Å². The maximum atomic E-state index is 12.1. The Morgan fingerprint density at radius 1 is 1.05 bits per heavy atom. The second-order valence-electron chi connectivity index (χ2n) is 4.49. The maximum absolute atomic E-state index is 12.1. The summed E-state index contributed by atoms with van der Waals surface area (Å²) < 4.78 is 0. The van der Waals surface area contributed by atoms with E-state index in [-0.39, 0.29) is 30.7 Å². The first-order valence-electron chi connectivity index (χ1n) is 6.01. The molecular formula is C15H19Cl2N3O. The smallest absolute Gasteiger partial charge is 0.255 e. The fourth-order valence-electron chi connectivity index (χ4n) is 1.83. The highest BCUT2D eigenvalue weighted by atomic mass is 35.5. The van der Waals surface area contributed by atoms with Gasteiger partial charge < -0.3 is 16.0 Å². The highest BCUT2D eigenvalue weighted by Gasteiger charge is 2.09. The minimum absolute atomic E-state index is 0. The molecule has 2 aromatic rings. The van der Waals surface area contributed by atoms with Gasteiger partial charge in [-0.05, 0) is 30.3 Å². The molecule has 1 amide bonds. The van der Waals surface area contributed by atoms with Crippen LogP contribution >= 0.6 is 24.8 Å². The van der Waals surface area contributed by atoms with Gasteiger partial charge in [0.1, 0.15) is 0 Å². The van der Waals surface area contributed by atoms with Crippen LogP contribution in [0.15, 0.2) is 48.5 Å². The maximum Gasteiger partial charge on any atom is 0.255 e. The van der Waals surface area contributed by atoms with Crippen molar-refractivity contribution in [3.05, 3.63) is 54.1 Å².